The molecule has 0 atom stereocenters. The molecule has 3 N–H and O–H groups in total. The van der Waals surface area contributed by atoms with Gasteiger partial charge in [-0.3, -0.25) is 19.2 Å². The first-order chi connectivity index (χ1) is 15.0. The van der Waals surface area contributed by atoms with Crippen LogP contribution in [0.1, 0.15) is 46.9 Å². The maximum absolute atomic E-state index is 12.3. The SMILES string of the molecule is CCCNC(=O)c1ccc(NC(=O)CNC(=O)c2ccc(N3CCCC3=O)cc2)cc1. The molecule has 4 amide bonds. The topological polar surface area (TPSA) is 108 Å². The predicted molar refractivity (Wildman–Crippen MR) is 118 cm³/mol. The zero-order valence-electron chi connectivity index (χ0n) is 17.4. The van der Waals surface area contributed by atoms with Gasteiger partial charge in [-0.15, -0.1) is 0 Å². The van der Waals surface area contributed by atoms with Crippen LogP contribution in [-0.4, -0.2) is 43.3 Å². The normalized spacial score (nSPS) is 13.1. The minimum Gasteiger partial charge on any atom is -0.352 e. The van der Waals surface area contributed by atoms with Gasteiger partial charge in [0.1, 0.15) is 0 Å². The van der Waals surface area contributed by atoms with Crippen LogP contribution < -0.4 is 20.9 Å². The Hall–Kier alpha value is -3.68. The molecular formula is C23H26N4O4. The molecule has 1 saturated heterocycles. The molecule has 1 aliphatic rings. The van der Waals surface area contributed by atoms with Crippen molar-refractivity contribution in [2.75, 3.05) is 29.9 Å². The summed E-state index contributed by atoms with van der Waals surface area (Å²) in [5.41, 5.74) is 2.22. The summed E-state index contributed by atoms with van der Waals surface area (Å²) in [7, 11) is 0. The average Bonchev–Trinajstić information content (AvgIpc) is 3.22. The molecule has 162 valence electrons. The minimum atomic E-state index is -0.379. The number of hydrogen-bond acceptors (Lipinski definition) is 4. The van der Waals surface area contributed by atoms with Gasteiger partial charge in [-0.05, 0) is 61.4 Å². The Morgan fingerprint density at radius 3 is 2.10 bits per heavy atom. The lowest BCUT2D eigenvalue weighted by molar-refractivity contribution is -0.117. The van der Waals surface area contributed by atoms with E-state index in [1.54, 1.807) is 53.4 Å². The lowest BCUT2D eigenvalue weighted by Gasteiger charge is -2.15. The van der Waals surface area contributed by atoms with Crippen molar-refractivity contribution in [1.29, 1.82) is 0 Å². The monoisotopic (exact) mass is 422 g/mol. The van der Waals surface area contributed by atoms with Crippen LogP contribution in [0.25, 0.3) is 0 Å². The van der Waals surface area contributed by atoms with Crippen LogP contribution in [-0.2, 0) is 9.59 Å². The van der Waals surface area contributed by atoms with Crippen LogP contribution in [0, 0.1) is 0 Å². The Labute approximate surface area is 181 Å². The largest absolute Gasteiger partial charge is 0.352 e. The summed E-state index contributed by atoms with van der Waals surface area (Å²) >= 11 is 0. The molecule has 0 spiro atoms. The second kappa shape index (κ2) is 10.4. The summed E-state index contributed by atoms with van der Waals surface area (Å²) in [5, 5.41) is 8.04. The van der Waals surface area contributed by atoms with Gasteiger partial charge < -0.3 is 20.9 Å². The Morgan fingerprint density at radius 1 is 0.903 bits per heavy atom. The molecule has 2 aromatic carbocycles. The Kier molecular flexibility index (Phi) is 7.37. The molecule has 31 heavy (non-hydrogen) atoms. The van der Waals surface area contributed by atoms with Crippen LogP contribution >= 0.6 is 0 Å². The summed E-state index contributed by atoms with van der Waals surface area (Å²) in [6, 6.07) is 13.3. The molecule has 1 fully saturated rings. The highest BCUT2D eigenvalue weighted by Gasteiger charge is 2.21. The lowest BCUT2D eigenvalue weighted by atomic mass is 10.2. The molecule has 2 aromatic rings. The van der Waals surface area contributed by atoms with Gasteiger partial charge in [-0.2, -0.15) is 0 Å². The van der Waals surface area contributed by atoms with Crippen molar-refractivity contribution in [2.45, 2.75) is 26.2 Å². The number of nitrogens with zero attached hydrogens (tertiary/aromatic N) is 1. The molecular weight excluding hydrogens is 396 g/mol. The van der Waals surface area contributed by atoms with Crippen molar-refractivity contribution >= 4 is 35.0 Å². The number of benzene rings is 2. The molecule has 0 unspecified atom stereocenters. The van der Waals surface area contributed by atoms with Gasteiger partial charge in [0, 0.05) is 42.0 Å². The molecule has 0 bridgehead atoms. The highest BCUT2D eigenvalue weighted by atomic mass is 16.2. The number of hydrogen-bond donors (Lipinski definition) is 3. The van der Waals surface area contributed by atoms with E-state index < -0.39 is 0 Å². The van der Waals surface area contributed by atoms with Crippen LogP contribution in [0.4, 0.5) is 11.4 Å². The van der Waals surface area contributed by atoms with E-state index in [2.05, 4.69) is 16.0 Å². The quantitative estimate of drug-likeness (QED) is 0.607. The second-order valence-electron chi connectivity index (χ2n) is 7.26. The highest BCUT2D eigenvalue weighted by Crippen LogP contribution is 2.21. The van der Waals surface area contributed by atoms with E-state index in [4.69, 9.17) is 0 Å². The number of rotatable bonds is 8. The van der Waals surface area contributed by atoms with Crippen molar-refractivity contribution in [3.8, 4) is 0 Å². The summed E-state index contributed by atoms with van der Waals surface area (Å²) in [5.74, 6) is -0.830. The maximum Gasteiger partial charge on any atom is 0.251 e. The third kappa shape index (κ3) is 5.91. The van der Waals surface area contributed by atoms with Gasteiger partial charge >= 0.3 is 0 Å². The predicted octanol–water partition coefficient (Wildman–Crippen LogP) is 2.32. The molecule has 8 heteroatoms. The Bertz CT molecular complexity index is 955. The van der Waals surface area contributed by atoms with E-state index in [1.807, 2.05) is 6.92 Å². The Morgan fingerprint density at radius 2 is 1.52 bits per heavy atom. The number of amides is 4. The van der Waals surface area contributed by atoms with Gasteiger partial charge in [0.25, 0.3) is 11.8 Å². The molecule has 8 nitrogen and oxygen atoms in total. The summed E-state index contributed by atoms with van der Waals surface area (Å²) < 4.78 is 0. The van der Waals surface area contributed by atoms with Gasteiger partial charge in [-0.25, -0.2) is 0 Å². The van der Waals surface area contributed by atoms with Crippen LogP contribution in [0.5, 0.6) is 0 Å². The van der Waals surface area contributed by atoms with E-state index in [-0.39, 0.29) is 30.2 Å². The van der Waals surface area contributed by atoms with E-state index in [0.717, 1.165) is 18.5 Å². The van der Waals surface area contributed by atoms with Crippen molar-refractivity contribution in [2.24, 2.45) is 0 Å². The van der Waals surface area contributed by atoms with Crippen molar-refractivity contribution in [3.05, 3.63) is 59.7 Å². The summed E-state index contributed by atoms with van der Waals surface area (Å²) in [6.07, 6.45) is 2.24. The molecule has 0 radical (unpaired) electrons. The first-order valence-corrected chi connectivity index (χ1v) is 10.3. The van der Waals surface area contributed by atoms with Crippen molar-refractivity contribution < 1.29 is 19.2 Å². The first-order valence-electron chi connectivity index (χ1n) is 10.3. The number of nitrogens with one attached hydrogen (secondary N) is 3. The van der Waals surface area contributed by atoms with Crippen LogP contribution in [0.15, 0.2) is 48.5 Å². The van der Waals surface area contributed by atoms with Gasteiger partial charge in [0.2, 0.25) is 11.8 Å². The maximum atomic E-state index is 12.3. The molecule has 1 aliphatic heterocycles. The van der Waals surface area contributed by atoms with Crippen LogP contribution in [0.2, 0.25) is 0 Å². The molecule has 3 rings (SSSR count). The van der Waals surface area contributed by atoms with Gasteiger partial charge in [0.15, 0.2) is 0 Å². The van der Waals surface area contributed by atoms with Crippen molar-refractivity contribution in [1.82, 2.24) is 10.6 Å². The summed E-state index contributed by atoms with van der Waals surface area (Å²) in [4.78, 5) is 49.8. The van der Waals surface area contributed by atoms with E-state index in [0.29, 0.717) is 36.3 Å². The number of anilines is 2. The zero-order valence-corrected chi connectivity index (χ0v) is 17.4. The highest BCUT2D eigenvalue weighted by molar-refractivity contribution is 6.00. The molecule has 0 saturated carbocycles. The first kappa shape index (κ1) is 22.0. The Balaban J connectivity index is 1.47. The third-order valence-corrected chi connectivity index (χ3v) is 4.89. The fourth-order valence-corrected chi connectivity index (χ4v) is 3.23. The average molecular weight is 422 g/mol. The second-order valence-corrected chi connectivity index (χ2v) is 7.26. The standard InChI is InChI=1S/C23H26N4O4/c1-2-13-24-22(30)16-5-9-18(10-6-16)26-20(28)15-25-23(31)17-7-11-19(12-8-17)27-14-3-4-21(27)29/h5-12H,2-4,13-15H2,1H3,(H,24,30)(H,25,31)(H,26,28). The lowest BCUT2D eigenvalue weighted by Crippen LogP contribution is -2.33. The fourth-order valence-electron chi connectivity index (χ4n) is 3.23. The fraction of sp³-hybridized carbons (Fsp3) is 0.304. The number of carbonyl (C=O) groups excluding carboxylic acids is 4. The van der Waals surface area contributed by atoms with Crippen LogP contribution in [0.3, 0.4) is 0 Å². The molecule has 1 heterocycles. The summed E-state index contributed by atoms with van der Waals surface area (Å²) in [6.45, 7) is 3.08. The molecule has 0 aromatic heterocycles. The number of carbonyl (C=O) groups is 4. The third-order valence-electron chi connectivity index (χ3n) is 4.89. The smallest absolute Gasteiger partial charge is 0.251 e. The van der Waals surface area contributed by atoms with E-state index in [1.165, 1.54) is 0 Å². The zero-order chi connectivity index (χ0) is 22.2. The van der Waals surface area contributed by atoms with E-state index >= 15 is 0 Å². The van der Waals surface area contributed by atoms with Gasteiger partial charge in [0.05, 0.1) is 6.54 Å². The molecule has 0 aliphatic carbocycles. The van der Waals surface area contributed by atoms with Crippen molar-refractivity contribution in [3.63, 3.8) is 0 Å². The minimum absolute atomic E-state index is 0.0866. The van der Waals surface area contributed by atoms with E-state index in [9.17, 15) is 19.2 Å². The van der Waals surface area contributed by atoms with Gasteiger partial charge in [-0.1, -0.05) is 6.92 Å².